The van der Waals surface area contributed by atoms with Gasteiger partial charge in [-0.1, -0.05) is 29.8 Å². The minimum absolute atomic E-state index is 1.04. The Kier molecular flexibility index (Phi) is 6.18. The van der Waals surface area contributed by atoms with Crippen molar-refractivity contribution in [3.05, 3.63) is 59.7 Å². The molecular weight excluding hydrogens is 344 g/mol. The van der Waals surface area contributed by atoms with Gasteiger partial charge < -0.3 is 9.80 Å². The van der Waals surface area contributed by atoms with Crippen LogP contribution in [0.2, 0.25) is 0 Å². The van der Waals surface area contributed by atoms with Gasteiger partial charge in [-0.15, -0.1) is 0 Å². The third kappa shape index (κ3) is 4.86. The number of hydrogen-bond acceptors (Lipinski definition) is 4. The van der Waals surface area contributed by atoms with Crippen molar-refractivity contribution in [2.75, 3.05) is 62.8 Å². The summed E-state index contributed by atoms with van der Waals surface area (Å²) in [5, 5.41) is 0. The van der Waals surface area contributed by atoms with Crippen LogP contribution in [-0.4, -0.2) is 62.8 Å². The van der Waals surface area contributed by atoms with Gasteiger partial charge in [0.05, 0.1) is 6.67 Å². The van der Waals surface area contributed by atoms with E-state index in [1.165, 1.54) is 48.4 Å². The molecule has 2 saturated heterocycles. The predicted octanol–water partition coefficient (Wildman–Crippen LogP) is 3.81. The average molecular weight is 379 g/mol. The normalized spacial score (nSPS) is 18.6. The van der Waals surface area contributed by atoms with E-state index < -0.39 is 0 Å². The van der Waals surface area contributed by atoms with Gasteiger partial charge in [0.25, 0.3) is 0 Å². The Morgan fingerprint density at radius 2 is 1.54 bits per heavy atom. The van der Waals surface area contributed by atoms with Crippen LogP contribution in [0.4, 0.5) is 11.4 Å². The molecule has 2 aromatic rings. The molecule has 0 spiro atoms. The first-order chi connectivity index (χ1) is 13.7. The van der Waals surface area contributed by atoms with Crippen molar-refractivity contribution in [1.82, 2.24) is 9.80 Å². The second-order valence-electron chi connectivity index (χ2n) is 8.43. The van der Waals surface area contributed by atoms with E-state index in [2.05, 4.69) is 82.1 Å². The van der Waals surface area contributed by atoms with Crippen molar-refractivity contribution >= 4 is 11.4 Å². The van der Waals surface area contributed by atoms with Gasteiger partial charge in [0.15, 0.2) is 0 Å². The van der Waals surface area contributed by atoms with Crippen molar-refractivity contribution in [2.24, 2.45) is 0 Å². The molecule has 0 atom stereocenters. The van der Waals surface area contributed by atoms with Crippen LogP contribution in [0.25, 0.3) is 0 Å². The quantitative estimate of drug-likeness (QED) is 0.758. The number of hydrogen-bond donors (Lipinski definition) is 0. The fraction of sp³-hybridized carbons (Fsp3) is 0.500. The SMILES string of the molecule is Cc1ccc(N2CCN(Cc3cccc(N(C)CN4CCCC4)c3)CC2)cc1. The number of piperazine rings is 1. The molecule has 150 valence electrons. The van der Waals surface area contributed by atoms with Gasteiger partial charge >= 0.3 is 0 Å². The highest BCUT2D eigenvalue weighted by atomic mass is 15.3. The van der Waals surface area contributed by atoms with Gasteiger partial charge in [-0.05, 0) is 62.7 Å². The van der Waals surface area contributed by atoms with Crippen LogP contribution >= 0.6 is 0 Å². The predicted molar refractivity (Wildman–Crippen MR) is 119 cm³/mol. The summed E-state index contributed by atoms with van der Waals surface area (Å²) < 4.78 is 0. The van der Waals surface area contributed by atoms with Crippen molar-refractivity contribution in [1.29, 1.82) is 0 Å². The number of likely N-dealkylation sites (tertiary alicyclic amines) is 1. The van der Waals surface area contributed by atoms with Crippen LogP contribution in [0.3, 0.4) is 0 Å². The smallest absolute Gasteiger partial charge is 0.0703 e. The van der Waals surface area contributed by atoms with Crippen LogP contribution < -0.4 is 9.80 Å². The Bertz CT molecular complexity index is 743. The zero-order valence-corrected chi connectivity index (χ0v) is 17.5. The Hall–Kier alpha value is -2.04. The maximum Gasteiger partial charge on any atom is 0.0703 e. The Morgan fingerprint density at radius 3 is 2.25 bits per heavy atom. The molecule has 0 amide bonds. The first-order valence-electron chi connectivity index (χ1n) is 10.7. The summed E-state index contributed by atoms with van der Waals surface area (Å²) in [5.74, 6) is 0. The summed E-state index contributed by atoms with van der Waals surface area (Å²) in [4.78, 5) is 10.0. The first-order valence-corrected chi connectivity index (χ1v) is 10.7. The maximum absolute atomic E-state index is 2.59. The Labute approximate surface area is 170 Å². The van der Waals surface area contributed by atoms with Gasteiger partial charge in [-0.2, -0.15) is 0 Å². The van der Waals surface area contributed by atoms with Crippen LogP contribution in [0.1, 0.15) is 24.0 Å². The molecule has 0 aromatic heterocycles. The molecule has 0 radical (unpaired) electrons. The van der Waals surface area contributed by atoms with Crippen LogP contribution in [0.15, 0.2) is 48.5 Å². The van der Waals surface area contributed by atoms with Crippen molar-refractivity contribution in [2.45, 2.75) is 26.3 Å². The molecule has 2 aliphatic rings. The third-order valence-electron chi connectivity index (χ3n) is 6.14. The van der Waals surface area contributed by atoms with Gasteiger partial charge in [-0.25, -0.2) is 0 Å². The lowest BCUT2D eigenvalue weighted by Gasteiger charge is -2.36. The largest absolute Gasteiger partial charge is 0.369 e. The van der Waals surface area contributed by atoms with E-state index in [1.807, 2.05) is 0 Å². The molecule has 28 heavy (non-hydrogen) atoms. The van der Waals surface area contributed by atoms with Gasteiger partial charge in [0.1, 0.15) is 0 Å². The molecule has 0 saturated carbocycles. The molecule has 0 unspecified atom stereocenters. The van der Waals surface area contributed by atoms with Gasteiger partial charge in [0.2, 0.25) is 0 Å². The number of nitrogens with zero attached hydrogens (tertiary/aromatic N) is 4. The van der Waals surface area contributed by atoms with E-state index >= 15 is 0 Å². The summed E-state index contributed by atoms with van der Waals surface area (Å²) in [7, 11) is 2.22. The van der Waals surface area contributed by atoms with E-state index in [0.717, 1.165) is 39.4 Å². The molecule has 4 nitrogen and oxygen atoms in total. The standard InChI is InChI=1S/C24H34N4/c1-21-8-10-23(11-9-21)28-16-14-26(15-17-28)19-22-6-5-7-24(18-22)25(2)20-27-12-3-4-13-27/h5-11,18H,3-4,12-17,19-20H2,1-2H3. The van der Waals surface area contributed by atoms with Crippen LogP contribution in [0.5, 0.6) is 0 Å². The number of benzene rings is 2. The summed E-state index contributed by atoms with van der Waals surface area (Å²) in [6.07, 6.45) is 2.70. The minimum Gasteiger partial charge on any atom is -0.369 e. The van der Waals surface area contributed by atoms with Crippen molar-refractivity contribution in [3.63, 3.8) is 0 Å². The molecular formula is C24H34N4. The third-order valence-corrected chi connectivity index (χ3v) is 6.14. The summed E-state index contributed by atoms with van der Waals surface area (Å²) >= 11 is 0. The van der Waals surface area contributed by atoms with E-state index in [-0.39, 0.29) is 0 Å². The van der Waals surface area contributed by atoms with Crippen LogP contribution in [-0.2, 0) is 6.54 Å². The van der Waals surface area contributed by atoms with Crippen molar-refractivity contribution < 1.29 is 0 Å². The highest BCUT2D eigenvalue weighted by molar-refractivity contribution is 5.49. The van der Waals surface area contributed by atoms with Crippen LogP contribution in [0, 0.1) is 6.92 Å². The Morgan fingerprint density at radius 1 is 0.821 bits per heavy atom. The highest BCUT2D eigenvalue weighted by Crippen LogP contribution is 2.20. The first kappa shape index (κ1) is 19.3. The molecule has 0 N–H and O–H groups in total. The monoisotopic (exact) mass is 378 g/mol. The lowest BCUT2D eigenvalue weighted by molar-refractivity contribution is 0.250. The highest BCUT2D eigenvalue weighted by Gasteiger charge is 2.18. The summed E-state index contributed by atoms with van der Waals surface area (Å²) in [6.45, 7) is 11.2. The second-order valence-corrected chi connectivity index (χ2v) is 8.43. The molecule has 0 aliphatic carbocycles. The molecule has 2 heterocycles. The summed E-state index contributed by atoms with van der Waals surface area (Å²) in [6, 6.07) is 18.1. The maximum atomic E-state index is 2.59. The van der Waals surface area contributed by atoms with E-state index in [9.17, 15) is 0 Å². The fourth-order valence-electron chi connectivity index (χ4n) is 4.38. The van der Waals surface area contributed by atoms with E-state index in [4.69, 9.17) is 0 Å². The molecule has 4 rings (SSSR count). The topological polar surface area (TPSA) is 13.0 Å². The lowest BCUT2D eigenvalue weighted by atomic mass is 10.1. The Balaban J connectivity index is 1.30. The lowest BCUT2D eigenvalue weighted by Crippen LogP contribution is -2.46. The fourth-order valence-corrected chi connectivity index (χ4v) is 4.38. The number of anilines is 2. The summed E-state index contributed by atoms with van der Waals surface area (Å²) in [5.41, 5.74) is 5.45. The zero-order valence-electron chi connectivity index (χ0n) is 17.5. The molecule has 4 heteroatoms. The number of aryl methyl sites for hydroxylation is 1. The van der Waals surface area contributed by atoms with E-state index in [1.54, 1.807) is 0 Å². The molecule has 2 aliphatic heterocycles. The number of rotatable bonds is 6. The van der Waals surface area contributed by atoms with Crippen molar-refractivity contribution in [3.8, 4) is 0 Å². The van der Waals surface area contributed by atoms with Gasteiger partial charge in [0, 0.05) is 51.1 Å². The second kappa shape index (κ2) is 8.97. The minimum atomic E-state index is 1.04. The van der Waals surface area contributed by atoms with E-state index in [0.29, 0.717) is 0 Å². The molecule has 2 aromatic carbocycles. The zero-order chi connectivity index (χ0) is 19.3. The molecule has 0 bridgehead atoms. The average Bonchev–Trinajstić information content (AvgIpc) is 3.22. The molecule has 2 fully saturated rings. The van der Waals surface area contributed by atoms with Gasteiger partial charge in [-0.3, -0.25) is 9.80 Å².